The molecule has 0 amide bonds. The zero-order chi connectivity index (χ0) is 20.0. The van der Waals surface area contributed by atoms with Crippen molar-refractivity contribution in [2.45, 2.75) is 4.90 Å². The third-order valence-electron chi connectivity index (χ3n) is 3.61. The van der Waals surface area contributed by atoms with E-state index < -0.39 is 20.6 Å². The van der Waals surface area contributed by atoms with Crippen LogP contribution in [-0.4, -0.2) is 24.5 Å². The number of nitro benzene ring substituents is 1. The fraction of sp³-hybridized carbons (Fsp3) is 0. The van der Waals surface area contributed by atoms with E-state index in [0.29, 0.717) is 5.69 Å². The Morgan fingerprint density at radius 2 is 1.75 bits per heavy atom. The lowest BCUT2D eigenvalue weighted by Crippen LogP contribution is -2.13. The molecule has 1 aromatic heterocycles. The van der Waals surface area contributed by atoms with Crippen LogP contribution in [0.1, 0.15) is 5.56 Å². The molecule has 0 aliphatic rings. The number of hydrazone groups is 1. The SMILES string of the molecule is O=[N+]([O-])c1cc(S(=O)(=O)Nc2ccccc2)ccc1N/N=C\c1ccncc1. The topological polar surface area (TPSA) is 127 Å². The van der Waals surface area contributed by atoms with Gasteiger partial charge in [-0.2, -0.15) is 5.10 Å². The second-order valence-corrected chi connectivity index (χ2v) is 7.24. The first-order chi connectivity index (χ1) is 13.5. The highest BCUT2D eigenvalue weighted by molar-refractivity contribution is 7.92. The number of sulfonamides is 1. The first kappa shape index (κ1) is 19.0. The van der Waals surface area contributed by atoms with E-state index in [-0.39, 0.29) is 10.6 Å². The molecule has 10 heteroatoms. The van der Waals surface area contributed by atoms with E-state index in [2.05, 4.69) is 20.2 Å². The van der Waals surface area contributed by atoms with E-state index in [1.807, 2.05) is 0 Å². The fourth-order valence-corrected chi connectivity index (χ4v) is 3.35. The van der Waals surface area contributed by atoms with Crippen molar-refractivity contribution in [2.24, 2.45) is 5.10 Å². The van der Waals surface area contributed by atoms with E-state index in [4.69, 9.17) is 0 Å². The predicted molar refractivity (Wildman–Crippen MR) is 106 cm³/mol. The molecule has 0 spiro atoms. The summed E-state index contributed by atoms with van der Waals surface area (Å²) in [5.74, 6) is 0. The summed E-state index contributed by atoms with van der Waals surface area (Å²) in [4.78, 5) is 14.4. The third-order valence-corrected chi connectivity index (χ3v) is 4.99. The molecule has 1 heterocycles. The van der Waals surface area contributed by atoms with E-state index >= 15 is 0 Å². The second-order valence-electron chi connectivity index (χ2n) is 5.56. The minimum Gasteiger partial charge on any atom is -0.280 e. The molecular weight excluding hydrogens is 382 g/mol. The minimum absolute atomic E-state index is 0.0639. The van der Waals surface area contributed by atoms with E-state index in [9.17, 15) is 18.5 Å². The summed E-state index contributed by atoms with van der Waals surface area (Å²) < 4.78 is 27.4. The van der Waals surface area contributed by atoms with Gasteiger partial charge in [0.05, 0.1) is 16.0 Å². The number of nitro groups is 1. The van der Waals surface area contributed by atoms with Gasteiger partial charge in [-0.05, 0) is 42.0 Å². The van der Waals surface area contributed by atoms with Crippen molar-refractivity contribution in [3.63, 3.8) is 0 Å². The number of hydrogen-bond acceptors (Lipinski definition) is 7. The van der Waals surface area contributed by atoms with Gasteiger partial charge >= 0.3 is 0 Å². The van der Waals surface area contributed by atoms with Crippen LogP contribution in [0.4, 0.5) is 17.1 Å². The predicted octanol–water partition coefficient (Wildman–Crippen LogP) is 3.24. The summed E-state index contributed by atoms with van der Waals surface area (Å²) in [5.41, 5.74) is 3.32. The average Bonchev–Trinajstić information content (AvgIpc) is 2.69. The monoisotopic (exact) mass is 397 g/mol. The Balaban J connectivity index is 1.84. The van der Waals surface area contributed by atoms with Crippen molar-refractivity contribution in [1.29, 1.82) is 0 Å². The molecule has 0 aliphatic carbocycles. The van der Waals surface area contributed by atoms with Gasteiger partial charge in [-0.1, -0.05) is 18.2 Å². The van der Waals surface area contributed by atoms with E-state index in [1.165, 1.54) is 18.3 Å². The fourth-order valence-electron chi connectivity index (χ4n) is 2.27. The van der Waals surface area contributed by atoms with E-state index in [0.717, 1.165) is 11.6 Å². The Morgan fingerprint density at radius 3 is 2.43 bits per heavy atom. The van der Waals surface area contributed by atoms with Crippen LogP contribution in [0.3, 0.4) is 0 Å². The average molecular weight is 397 g/mol. The number of aromatic nitrogens is 1. The summed E-state index contributed by atoms with van der Waals surface area (Å²) in [6, 6.07) is 15.2. The van der Waals surface area contributed by atoms with Crippen molar-refractivity contribution < 1.29 is 13.3 Å². The normalized spacial score (nSPS) is 11.3. The Bertz CT molecular complexity index is 1100. The van der Waals surface area contributed by atoms with Crippen molar-refractivity contribution >= 4 is 33.3 Å². The molecule has 3 aromatic rings. The van der Waals surface area contributed by atoms with Crippen molar-refractivity contribution in [2.75, 3.05) is 10.1 Å². The Labute approximate surface area is 161 Å². The van der Waals surface area contributed by atoms with Crippen LogP contribution in [-0.2, 0) is 10.0 Å². The number of nitrogens with zero attached hydrogens (tertiary/aromatic N) is 3. The zero-order valence-corrected chi connectivity index (χ0v) is 15.2. The lowest BCUT2D eigenvalue weighted by atomic mass is 10.3. The van der Waals surface area contributed by atoms with Crippen molar-refractivity contribution in [3.05, 3.63) is 88.7 Å². The maximum absolute atomic E-state index is 12.5. The lowest BCUT2D eigenvalue weighted by molar-refractivity contribution is -0.384. The number of pyridine rings is 1. The molecule has 28 heavy (non-hydrogen) atoms. The molecule has 142 valence electrons. The molecule has 0 aliphatic heterocycles. The molecule has 0 saturated carbocycles. The molecule has 0 saturated heterocycles. The Morgan fingerprint density at radius 1 is 1.04 bits per heavy atom. The summed E-state index contributed by atoms with van der Waals surface area (Å²) in [7, 11) is -3.98. The van der Waals surface area contributed by atoms with Gasteiger partial charge in [0.1, 0.15) is 5.69 Å². The molecule has 2 aromatic carbocycles. The lowest BCUT2D eigenvalue weighted by Gasteiger charge is -2.09. The van der Waals surface area contributed by atoms with Crippen LogP contribution < -0.4 is 10.1 Å². The standard InChI is InChI=1S/C18H15N5O4S/c24-23(25)18-12-16(28(26,27)22-15-4-2-1-3-5-15)6-7-17(18)21-20-13-14-8-10-19-11-9-14/h1-13,21-22H/b20-13-. The maximum atomic E-state index is 12.5. The van der Waals surface area contributed by atoms with Crippen molar-refractivity contribution in [1.82, 2.24) is 4.98 Å². The van der Waals surface area contributed by atoms with Crippen molar-refractivity contribution in [3.8, 4) is 0 Å². The quantitative estimate of drug-likeness (QED) is 0.358. The molecule has 0 unspecified atom stereocenters. The Kier molecular flexibility index (Phi) is 5.61. The van der Waals surface area contributed by atoms with Crippen LogP contribution in [0.25, 0.3) is 0 Å². The van der Waals surface area contributed by atoms with Crippen LogP contribution in [0.15, 0.2) is 83.1 Å². The van der Waals surface area contributed by atoms with Gasteiger partial charge < -0.3 is 0 Å². The zero-order valence-electron chi connectivity index (χ0n) is 14.4. The highest BCUT2D eigenvalue weighted by Gasteiger charge is 2.21. The number of benzene rings is 2. The van der Waals surface area contributed by atoms with Crippen LogP contribution in [0, 0.1) is 10.1 Å². The molecule has 0 fully saturated rings. The van der Waals surface area contributed by atoms with Crippen LogP contribution >= 0.6 is 0 Å². The van der Waals surface area contributed by atoms with Gasteiger partial charge in [-0.25, -0.2) is 8.42 Å². The molecular formula is C18H15N5O4S. The van der Waals surface area contributed by atoms with E-state index in [1.54, 1.807) is 54.9 Å². The molecule has 0 bridgehead atoms. The number of nitrogens with one attached hydrogen (secondary N) is 2. The second kappa shape index (κ2) is 8.27. The summed E-state index contributed by atoms with van der Waals surface area (Å²) in [6.07, 6.45) is 4.64. The summed E-state index contributed by atoms with van der Waals surface area (Å²) >= 11 is 0. The third kappa shape index (κ3) is 4.68. The first-order valence-corrected chi connectivity index (χ1v) is 9.49. The maximum Gasteiger partial charge on any atom is 0.295 e. The highest BCUT2D eigenvalue weighted by Crippen LogP contribution is 2.28. The highest BCUT2D eigenvalue weighted by atomic mass is 32.2. The number of para-hydroxylation sites is 1. The van der Waals surface area contributed by atoms with Gasteiger partial charge in [0.2, 0.25) is 0 Å². The molecule has 3 rings (SSSR count). The molecule has 0 radical (unpaired) electrons. The van der Waals surface area contributed by atoms with Gasteiger partial charge in [-0.3, -0.25) is 25.2 Å². The van der Waals surface area contributed by atoms with Gasteiger partial charge in [-0.15, -0.1) is 0 Å². The van der Waals surface area contributed by atoms with Gasteiger partial charge in [0.25, 0.3) is 15.7 Å². The largest absolute Gasteiger partial charge is 0.295 e. The number of anilines is 2. The van der Waals surface area contributed by atoms with Gasteiger partial charge in [0, 0.05) is 24.1 Å². The smallest absolute Gasteiger partial charge is 0.280 e. The summed E-state index contributed by atoms with van der Waals surface area (Å²) in [5, 5.41) is 15.3. The minimum atomic E-state index is -3.98. The summed E-state index contributed by atoms with van der Waals surface area (Å²) in [6.45, 7) is 0. The number of hydrogen-bond donors (Lipinski definition) is 2. The number of rotatable bonds is 7. The molecule has 0 atom stereocenters. The van der Waals surface area contributed by atoms with Crippen LogP contribution in [0.2, 0.25) is 0 Å². The first-order valence-electron chi connectivity index (χ1n) is 8.01. The van der Waals surface area contributed by atoms with Crippen LogP contribution in [0.5, 0.6) is 0 Å². The molecule has 2 N–H and O–H groups in total. The Hall–Kier alpha value is -3.79. The van der Waals surface area contributed by atoms with Gasteiger partial charge in [0.15, 0.2) is 0 Å². The molecule has 9 nitrogen and oxygen atoms in total.